The summed E-state index contributed by atoms with van der Waals surface area (Å²) in [5.41, 5.74) is 0.881. The number of aliphatic imine (C=N–C) groups is 2. The molecule has 0 atom stereocenters. The maximum absolute atomic E-state index is 11.8. The fraction of sp³-hybridized carbons (Fsp3) is 0. The van der Waals surface area contributed by atoms with Crippen LogP contribution in [0.25, 0.3) is 0 Å². The summed E-state index contributed by atoms with van der Waals surface area (Å²) in [7, 11) is 0. The molecule has 0 aromatic heterocycles. The lowest BCUT2D eigenvalue weighted by molar-refractivity contribution is 0.0977. The van der Waals surface area contributed by atoms with E-state index >= 15 is 0 Å². The molecule has 84 valence electrons. The molecule has 1 aliphatic heterocycles. The Bertz CT molecular complexity index is 544. The Kier molecular flexibility index (Phi) is 2.91. The van der Waals surface area contributed by atoms with Gasteiger partial charge in [0.25, 0.3) is 5.91 Å². The Morgan fingerprint density at radius 2 is 1.94 bits per heavy atom. The van der Waals surface area contributed by atoms with Gasteiger partial charge in [-0.05, 0) is 12.1 Å². The Hall–Kier alpha value is -2.56. The molecule has 1 aromatic rings. The molecule has 0 bridgehead atoms. The summed E-state index contributed by atoms with van der Waals surface area (Å²) in [6.07, 6.45) is 1.27. The highest BCUT2D eigenvalue weighted by Gasteiger charge is 2.14. The second-order valence-electron chi connectivity index (χ2n) is 3.35. The maximum atomic E-state index is 11.8. The van der Waals surface area contributed by atoms with Crippen molar-refractivity contribution in [2.45, 2.75) is 0 Å². The average Bonchev–Trinajstić information content (AvgIpc) is 2.35. The van der Waals surface area contributed by atoms with Gasteiger partial charge in [0, 0.05) is 17.4 Å². The van der Waals surface area contributed by atoms with Crippen molar-refractivity contribution in [3.8, 4) is 0 Å². The highest BCUT2D eigenvalue weighted by Crippen LogP contribution is 2.02. The van der Waals surface area contributed by atoms with Crippen molar-refractivity contribution in [3.05, 3.63) is 48.0 Å². The van der Waals surface area contributed by atoms with Crippen LogP contribution in [0.4, 0.5) is 4.79 Å². The fourth-order valence-electron chi connectivity index (χ4n) is 1.27. The number of amidine groups is 1. The highest BCUT2D eigenvalue weighted by molar-refractivity contribution is 6.26. The summed E-state index contributed by atoms with van der Waals surface area (Å²) < 4.78 is 0. The molecule has 0 radical (unpaired) electrons. The summed E-state index contributed by atoms with van der Waals surface area (Å²) >= 11 is 0. The van der Waals surface area contributed by atoms with Gasteiger partial charge in [0.05, 0.1) is 0 Å². The lowest BCUT2D eigenvalue weighted by Gasteiger charge is -2.09. The molecule has 0 saturated carbocycles. The second-order valence-corrected chi connectivity index (χ2v) is 3.35. The molecule has 1 aromatic carbocycles. The van der Waals surface area contributed by atoms with E-state index in [1.165, 1.54) is 6.21 Å². The molecular weight excluding hydrogens is 218 g/mol. The summed E-state index contributed by atoms with van der Waals surface area (Å²) in [5, 5.41) is 2.51. The number of carbonyl (C=O) groups excluding carboxylic acids is 2. The van der Waals surface area contributed by atoms with Gasteiger partial charge in [0.1, 0.15) is 5.84 Å². The van der Waals surface area contributed by atoms with E-state index in [0.29, 0.717) is 11.1 Å². The first kappa shape index (κ1) is 10.9. The number of urea groups is 1. The second kappa shape index (κ2) is 4.52. The van der Waals surface area contributed by atoms with Crippen LogP contribution in [0, 0.1) is 0 Å². The molecule has 2 rings (SSSR count). The van der Waals surface area contributed by atoms with E-state index in [1.54, 1.807) is 24.3 Å². The van der Waals surface area contributed by atoms with Crippen LogP contribution in [0.2, 0.25) is 0 Å². The van der Waals surface area contributed by atoms with Gasteiger partial charge >= 0.3 is 6.03 Å². The van der Waals surface area contributed by atoms with Crippen molar-refractivity contribution in [2.75, 3.05) is 0 Å². The molecule has 17 heavy (non-hydrogen) atoms. The molecule has 0 saturated heterocycles. The van der Waals surface area contributed by atoms with Gasteiger partial charge in [-0.3, -0.25) is 4.79 Å². The average molecular weight is 227 g/mol. The predicted molar refractivity (Wildman–Crippen MR) is 64.4 cm³/mol. The van der Waals surface area contributed by atoms with Crippen LogP contribution in [-0.4, -0.2) is 24.0 Å². The summed E-state index contributed by atoms with van der Waals surface area (Å²) in [4.78, 5) is 29.8. The number of nitrogens with one attached hydrogen (secondary N) is 1. The Morgan fingerprint density at radius 1 is 1.24 bits per heavy atom. The number of nitrogens with zero attached hydrogens (tertiary/aromatic N) is 2. The lowest BCUT2D eigenvalue weighted by Crippen LogP contribution is -2.33. The van der Waals surface area contributed by atoms with Gasteiger partial charge in [0.2, 0.25) is 0 Å². The molecule has 3 amide bonds. The lowest BCUT2D eigenvalue weighted by atomic mass is 10.2. The van der Waals surface area contributed by atoms with Crippen LogP contribution < -0.4 is 5.32 Å². The monoisotopic (exact) mass is 227 g/mol. The minimum Gasteiger partial charge on any atom is -0.306 e. The quantitative estimate of drug-likeness (QED) is 0.791. The first-order chi connectivity index (χ1) is 8.16. The normalized spacial score (nSPS) is 14.5. The van der Waals surface area contributed by atoms with Crippen molar-refractivity contribution in [1.82, 2.24) is 5.32 Å². The molecule has 0 unspecified atom stereocenters. The first-order valence-corrected chi connectivity index (χ1v) is 4.89. The van der Waals surface area contributed by atoms with Gasteiger partial charge in [-0.2, -0.15) is 9.98 Å². The van der Waals surface area contributed by atoms with Crippen LogP contribution in [-0.2, 0) is 0 Å². The topological polar surface area (TPSA) is 70.9 Å². The van der Waals surface area contributed by atoms with Gasteiger partial charge in [-0.1, -0.05) is 24.8 Å². The van der Waals surface area contributed by atoms with E-state index < -0.39 is 6.03 Å². The zero-order chi connectivity index (χ0) is 12.3. The molecular formula is C12H9N3O2. The molecule has 1 aliphatic rings. The first-order valence-electron chi connectivity index (χ1n) is 4.89. The van der Waals surface area contributed by atoms with Crippen LogP contribution in [0.3, 0.4) is 0 Å². The Balaban J connectivity index is 2.15. The van der Waals surface area contributed by atoms with Crippen molar-refractivity contribution in [1.29, 1.82) is 0 Å². The van der Waals surface area contributed by atoms with E-state index in [0.717, 1.165) is 0 Å². The molecule has 5 heteroatoms. The zero-order valence-corrected chi connectivity index (χ0v) is 8.88. The van der Waals surface area contributed by atoms with Gasteiger partial charge in [0.15, 0.2) is 0 Å². The molecule has 1 N–H and O–H groups in total. The van der Waals surface area contributed by atoms with E-state index in [9.17, 15) is 9.59 Å². The standard InChI is InChI=1S/C12H9N3O2/c1-8-7-13-12(17)15-10(8)14-11(16)9-5-3-2-4-6-9/h2-7H,1H2,(H,14,15,16,17). The van der Waals surface area contributed by atoms with Gasteiger partial charge < -0.3 is 5.32 Å². The van der Waals surface area contributed by atoms with Crippen LogP contribution in [0.1, 0.15) is 10.4 Å². The smallest absolute Gasteiger partial charge is 0.306 e. The summed E-state index contributed by atoms with van der Waals surface area (Å²) in [6, 6.07) is 7.98. The summed E-state index contributed by atoms with van der Waals surface area (Å²) in [6.45, 7) is 3.63. The minimum atomic E-state index is -0.652. The Labute approximate surface area is 97.6 Å². The van der Waals surface area contributed by atoms with Crippen LogP contribution in [0.15, 0.2) is 52.5 Å². The molecule has 5 nitrogen and oxygen atoms in total. The van der Waals surface area contributed by atoms with Crippen molar-refractivity contribution in [3.63, 3.8) is 0 Å². The van der Waals surface area contributed by atoms with E-state index in [1.807, 2.05) is 6.07 Å². The minimum absolute atomic E-state index is 0.138. The number of rotatable bonds is 1. The van der Waals surface area contributed by atoms with Gasteiger partial charge in [-0.15, -0.1) is 0 Å². The third-order valence-corrected chi connectivity index (χ3v) is 2.11. The van der Waals surface area contributed by atoms with Crippen LogP contribution in [0.5, 0.6) is 0 Å². The molecule has 0 spiro atoms. The number of amides is 3. The summed E-state index contributed by atoms with van der Waals surface area (Å²) in [5.74, 6) is -0.201. The maximum Gasteiger partial charge on any atom is 0.369 e. The van der Waals surface area contributed by atoms with E-state index in [4.69, 9.17) is 0 Å². The number of benzene rings is 1. The third kappa shape index (κ3) is 2.52. The SMILES string of the molecule is C=C1C=NC(=O)N=C1NC(=O)c1ccccc1. The van der Waals surface area contributed by atoms with Crippen molar-refractivity contribution < 1.29 is 9.59 Å². The molecule has 0 aliphatic carbocycles. The Morgan fingerprint density at radius 3 is 2.65 bits per heavy atom. The third-order valence-electron chi connectivity index (χ3n) is 2.11. The zero-order valence-electron chi connectivity index (χ0n) is 8.88. The van der Waals surface area contributed by atoms with Crippen molar-refractivity contribution >= 4 is 24.0 Å². The fourth-order valence-corrected chi connectivity index (χ4v) is 1.27. The molecule has 1 heterocycles. The van der Waals surface area contributed by atoms with E-state index in [2.05, 4.69) is 21.9 Å². The predicted octanol–water partition coefficient (Wildman–Crippen LogP) is 1.58. The van der Waals surface area contributed by atoms with E-state index in [-0.39, 0.29) is 11.7 Å². The van der Waals surface area contributed by atoms with Crippen molar-refractivity contribution in [2.24, 2.45) is 9.98 Å². The number of hydrogen-bond acceptors (Lipinski definition) is 2. The van der Waals surface area contributed by atoms with Crippen LogP contribution >= 0.6 is 0 Å². The number of hydrogen-bond donors (Lipinski definition) is 1. The highest BCUT2D eigenvalue weighted by atomic mass is 16.2. The van der Waals surface area contributed by atoms with Gasteiger partial charge in [-0.25, -0.2) is 4.79 Å². The largest absolute Gasteiger partial charge is 0.369 e. The number of carbonyl (C=O) groups is 2. The molecule has 0 fully saturated rings.